The van der Waals surface area contributed by atoms with Crippen LogP contribution in [-0.4, -0.2) is 35.0 Å². The number of fused-ring (bicyclic) bond motifs is 2. The first-order chi connectivity index (χ1) is 14.8. The molecule has 8 heteroatoms. The fourth-order valence-electron chi connectivity index (χ4n) is 5.92. The average Bonchev–Trinajstić information content (AvgIpc) is 2.97. The first-order valence-corrected chi connectivity index (χ1v) is 12.1. The normalized spacial score (nSPS) is 43.7. The summed E-state index contributed by atoms with van der Waals surface area (Å²) in [6.45, 7) is 6.35. The predicted octanol–water partition coefficient (Wildman–Crippen LogP) is 4.88. The van der Waals surface area contributed by atoms with Gasteiger partial charge in [0.2, 0.25) is 5.79 Å². The molecule has 0 unspecified atom stereocenters. The van der Waals surface area contributed by atoms with E-state index in [0.29, 0.717) is 11.8 Å². The van der Waals surface area contributed by atoms with E-state index in [-0.39, 0.29) is 28.8 Å². The number of rotatable bonds is 4. The van der Waals surface area contributed by atoms with Crippen LogP contribution < -0.4 is 0 Å². The number of halogens is 1. The van der Waals surface area contributed by atoms with Gasteiger partial charge in [-0.3, -0.25) is 0 Å². The van der Waals surface area contributed by atoms with Crippen molar-refractivity contribution in [3.8, 4) is 0 Å². The largest absolute Gasteiger partial charge is 0.451 e. The van der Waals surface area contributed by atoms with Crippen molar-refractivity contribution >= 4 is 17.7 Å². The highest BCUT2D eigenvalue weighted by atomic mass is 32.2. The quantitative estimate of drug-likeness (QED) is 0.366. The van der Waals surface area contributed by atoms with E-state index in [9.17, 15) is 9.18 Å². The first kappa shape index (κ1) is 21.6. The SMILES string of the molecule is C[C@H]1[C@H](SCOC(=O)c2cccc(F)c2)O[C@@H]2O[C@]3(C)CC[C@H]4[C@H](C)CC[C@@H]1[C@@]24OO3. The molecule has 1 aromatic rings. The molecule has 0 amide bonds. The molecule has 1 saturated carbocycles. The van der Waals surface area contributed by atoms with Gasteiger partial charge in [-0.15, -0.1) is 0 Å². The van der Waals surface area contributed by atoms with Gasteiger partial charge < -0.3 is 14.2 Å². The van der Waals surface area contributed by atoms with Crippen LogP contribution in [0.1, 0.15) is 56.8 Å². The lowest BCUT2D eigenvalue weighted by Crippen LogP contribution is -2.70. The van der Waals surface area contributed by atoms with Crippen molar-refractivity contribution in [2.75, 3.05) is 5.94 Å². The Labute approximate surface area is 186 Å². The summed E-state index contributed by atoms with van der Waals surface area (Å²) < 4.78 is 31.5. The molecule has 8 atom stereocenters. The molecule has 4 saturated heterocycles. The van der Waals surface area contributed by atoms with Crippen LogP contribution in [-0.2, 0) is 24.0 Å². The van der Waals surface area contributed by atoms with Crippen LogP contribution in [0.2, 0.25) is 0 Å². The zero-order valence-electron chi connectivity index (χ0n) is 18.0. The van der Waals surface area contributed by atoms with Gasteiger partial charge in [-0.1, -0.05) is 31.7 Å². The van der Waals surface area contributed by atoms with Gasteiger partial charge in [-0.25, -0.2) is 19.0 Å². The zero-order chi connectivity index (χ0) is 21.8. The van der Waals surface area contributed by atoms with Gasteiger partial charge >= 0.3 is 5.97 Å². The van der Waals surface area contributed by atoms with Crippen LogP contribution in [0.4, 0.5) is 4.39 Å². The minimum absolute atomic E-state index is 0.116. The van der Waals surface area contributed by atoms with Gasteiger partial charge in [-0.2, -0.15) is 0 Å². The van der Waals surface area contributed by atoms with Gasteiger partial charge in [0, 0.05) is 12.3 Å². The Morgan fingerprint density at radius 1 is 1.23 bits per heavy atom. The number of carbonyl (C=O) groups is 1. The lowest BCUT2D eigenvalue weighted by molar-refractivity contribution is -0.568. The summed E-state index contributed by atoms with van der Waals surface area (Å²) in [6.07, 6.45) is 3.40. The van der Waals surface area contributed by atoms with Crippen LogP contribution in [0.5, 0.6) is 0 Å². The summed E-state index contributed by atoms with van der Waals surface area (Å²) in [5, 5.41) is 0. The van der Waals surface area contributed by atoms with E-state index in [1.807, 2.05) is 6.92 Å². The van der Waals surface area contributed by atoms with Gasteiger partial charge in [0.15, 0.2) is 11.9 Å². The molecule has 6 nitrogen and oxygen atoms in total. The highest BCUT2D eigenvalue weighted by molar-refractivity contribution is 7.99. The van der Waals surface area contributed by atoms with E-state index in [0.717, 1.165) is 25.7 Å². The smallest absolute Gasteiger partial charge is 0.339 e. The Hall–Kier alpha value is -1.19. The third-order valence-corrected chi connectivity index (χ3v) is 8.70. The van der Waals surface area contributed by atoms with Crippen molar-refractivity contribution in [2.45, 2.75) is 69.6 Å². The maximum absolute atomic E-state index is 13.4. The number of esters is 1. The fourth-order valence-corrected chi connectivity index (χ4v) is 6.90. The summed E-state index contributed by atoms with van der Waals surface area (Å²) in [6, 6.07) is 5.50. The monoisotopic (exact) mass is 452 g/mol. The molecule has 6 rings (SSSR count). The molecule has 0 radical (unpaired) electrons. The Morgan fingerprint density at radius 2 is 2.06 bits per heavy atom. The lowest BCUT2D eigenvalue weighted by atomic mass is 9.58. The highest BCUT2D eigenvalue weighted by Gasteiger charge is 2.69. The topological polar surface area (TPSA) is 63.2 Å². The van der Waals surface area contributed by atoms with Gasteiger partial charge in [-0.05, 0) is 62.1 Å². The molecule has 1 spiro atoms. The van der Waals surface area contributed by atoms with Crippen LogP contribution >= 0.6 is 11.8 Å². The van der Waals surface area contributed by atoms with Crippen LogP contribution in [0, 0.1) is 29.5 Å². The molecule has 1 aliphatic carbocycles. The second kappa shape index (κ2) is 7.99. The Kier molecular flexibility index (Phi) is 5.58. The number of ether oxygens (including phenoxy) is 3. The van der Waals surface area contributed by atoms with Crippen molar-refractivity contribution in [3.05, 3.63) is 35.6 Å². The first-order valence-electron chi connectivity index (χ1n) is 11.1. The second-order valence-corrected chi connectivity index (χ2v) is 10.5. The minimum Gasteiger partial charge on any atom is -0.451 e. The van der Waals surface area contributed by atoms with E-state index >= 15 is 0 Å². The molecule has 1 aromatic carbocycles. The molecule has 2 bridgehead atoms. The molecular weight excluding hydrogens is 423 g/mol. The Balaban J connectivity index is 1.30. The van der Waals surface area contributed by atoms with Crippen LogP contribution in [0.3, 0.4) is 0 Å². The maximum atomic E-state index is 13.4. The van der Waals surface area contributed by atoms with Crippen molar-refractivity contribution in [1.82, 2.24) is 0 Å². The van der Waals surface area contributed by atoms with Gasteiger partial charge in [0.05, 0.1) is 5.56 Å². The number of benzene rings is 1. The molecule has 170 valence electrons. The fraction of sp³-hybridized carbons (Fsp3) is 0.696. The van der Waals surface area contributed by atoms with Crippen molar-refractivity contribution in [3.63, 3.8) is 0 Å². The lowest BCUT2D eigenvalue weighted by Gasteiger charge is -2.60. The molecular formula is C23H29FO6S. The number of hydrogen-bond acceptors (Lipinski definition) is 7. The molecule has 5 aliphatic rings. The third-order valence-electron chi connectivity index (χ3n) is 7.58. The minimum atomic E-state index is -0.808. The highest BCUT2D eigenvalue weighted by Crippen LogP contribution is 2.61. The van der Waals surface area contributed by atoms with E-state index in [1.54, 1.807) is 0 Å². The molecule has 0 N–H and O–H groups in total. The van der Waals surface area contributed by atoms with Gasteiger partial charge in [0.1, 0.15) is 17.2 Å². The number of thioether (sulfide) groups is 1. The van der Waals surface area contributed by atoms with Crippen molar-refractivity contribution in [2.24, 2.45) is 23.7 Å². The predicted molar refractivity (Wildman–Crippen MR) is 111 cm³/mol. The summed E-state index contributed by atoms with van der Waals surface area (Å²) in [7, 11) is 0. The summed E-state index contributed by atoms with van der Waals surface area (Å²) in [4.78, 5) is 24.2. The standard InChI is InChI=1S/C23H29FO6S/c1-13-7-8-18-14(2)20(31-12-26-19(25)15-5-4-6-16(24)11-15)27-21-23(18)17(13)9-10-22(3,28-21)29-30-23/h4-6,11,13-14,17-18,20-21H,7-10,12H2,1-3H3/t13-,14-,17+,18+,20+,21-,22+,23-/m1/s1. The molecule has 4 heterocycles. The zero-order valence-corrected chi connectivity index (χ0v) is 18.9. The molecule has 0 aromatic heterocycles. The average molecular weight is 453 g/mol. The Morgan fingerprint density at radius 3 is 2.87 bits per heavy atom. The molecule has 5 fully saturated rings. The Bertz CT molecular complexity index is 853. The number of hydrogen-bond donors (Lipinski definition) is 0. The molecule has 4 aliphatic heterocycles. The second-order valence-electron chi connectivity index (χ2n) is 9.50. The molecule has 31 heavy (non-hydrogen) atoms. The van der Waals surface area contributed by atoms with Gasteiger partial charge in [0.25, 0.3) is 0 Å². The van der Waals surface area contributed by atoms with Crippen molar-refractivity contribution in [1.29, 1.82) is 0 Å². The van der Waals surface area contributed by atoms with Crippen molar-refractivity contribution < 1.29 is 33.2 Å². The van der Waals surface area contributed by atoms with Crippen LogP contribution in [0.15, 0.2) is 24.3 Å². The summed E-state index contributed by atoms with van der Waals surface area (Å²) in [5.74, 6) is -0.479. The third kappa shape index (κ3) is 3.60. The van der Waals surface area contributed by atoms with E-state index in [4.69, 9.17) is 24.0 Å². The maximum Gasteiger partial charge on any atom is 0.339 e. The van der Waals surface area contributed by atoms with E-state index in [2.05, 4.69) is 13.8 Å². The summed E-state index contributed by atoms with van der Waals surface area (Å²) >= 11 is 1.43. The summed E-state index contributed by atoms with van der Waals surface area (Å²) in [5.41, 5.74) is -0.603. The number of carbonyl (C=O) groups excluding carboxylic acids is 1. The van der Waals surface area contributed by atoms with E-state index < -0.39 is 29.5 Å². The van der Waals surface area contributed by atoms with Crippen LogP contribution in [0.25, 0.3) is 0 Å². The van der Waals surface area contributed by atoms with E-state index in [1.165, 1.54) is 36.0 Å².